The molecule has 1 aromatic rings. The summed E-state index contributed by atoms with van der Waals surface area (Å²) in [7, 11) is 1.41. The number of nitrogens with one attached hydrogen (secondary N) is 1. The quantitative estimate of drug-likeness (QED) is 0.827. The zero-order chi connectivity index (χ0) is 15.3. The molecule has 0 aromatic heterocycles. The van der Waals surface area contributed by atoms with Crippen molar-refractivity contribution >= 4 is 27.8 Å². The van der Waals surface area contributed by atoms with Crippen molar-refractivity contribution in [3.8, 4) is 0 Å². The van der Waals surface area contributed by atoms with Gasteiger partial charge in [-0.2, -0.15) is 0 Å². The molecule has 1 rings (SSSR count). The van der Waals surface area contributed by atoms with E-state index in [1.165, 1.54) is 19.2 Å². The first-order valence-corrected chi connectivity index (χ1v) is 6.55. The molecule has 5 nitrogen and oxygen atoms in total. The predicted molar refractivity (Wildman–Crippen MR) is 74.1 cm³/mol. The minimum Gasteiger partial charge on any atom is -0.481 e. The SMILES string of the molecule is COCC(C)(CC(=O)O)NC(=O)c1ccc(Br)c(F)c1. The molecule has 110 valence electrons. The van der Waals surface area contributed by atoms with Gasteiger partial charge in [-0.05, 0) is 41.1 Å². The van der Waals surface area contributed by atoms with E-state index < -0.39 is 23.2 Å². The van der Waals surface area contributed by atoms with Crippen LogP contribution < -0.4 is 5.32 Å². The van der Waals surface area contributed by atoms with E-state index in [4.69, 9.17) is 9.84 Å². The van der Waals surface area contributed by atoms with Gasteiger partial charge in [-0.1, -0.05) is 0 Å². The molecule has 0 fully saturated rings. The highest BCUT2D eigenvalue weighted by Gasteiger charge is 2.30. The fourth-order valence-corrected chi connectivity index (χ4v) is 2.01. The maximum absolute atomic E-state index is 13.4. The Hall–Kier alpha value is -1.47. The molecule has 0 saturated carbocycles. The molecule has 7 heteroatoms. The van der Waals surface area contributed by atoms with Gasteiger partial charge in [0.25, 0.3) is 5.91 Å². The summed E-state index contributed by atoms with van der Waals surface area (Å²) in [5.74, 6) is -2.19. The minimum atomic E-state index is -1.07. The second-order valence-corrected chi connectivity index (χ2v) is 5.50. The smallest absolute Gasteiger partial charge is 0.305 e. The standard InChI is InChI=1S/C13H15BrFNO4/c1-13(7-20-2,6-11(17)18)16-12(19)8-3-4-9(14)10(15)5-8/h3-5H,6-7H2,1-2H3,(H,16,19)(H,17,18). The third-order valence-electron chi connectivity index (χ3n) is 2.60. The average molecular weight is 348 g/mol. The number of methoxy groups -OCH3 is 1. The van der Waals surface area contributed by atoms with Gasteiger partial charge in [0.2, 0.25) is 0 Å². The Morgan fingerprint density at radius 1 is 1.50 bits per heavy atom. The first kappa shape index (κ1) is 16.6. The van der Waals surface area contributed by atoms with Gasteiger partial charge in [-0.3, -0.25) is 9.59 Å². The second-order valence-electron chi connectivity index (χ2n) is 4.65. The van der Waals surface area contributed by atoms with Crippen molar-refractivity contribution in [1.29, 1.82) is 0 Å². The molecular formula is C13H15BrFNO4. The van der Waals surface area contributed by atoms with Gasteiger partial charge in [0.15, 0.2) is 0 Å². The second kappa shape index (κ2) is 6.81. The lowest BCUT2D eigenvalue weighted by Crippen LogP contribution is -2.50. The van der Waals surface area contributed by atoms with Crippen molar-refractivity contribution in [2.75, 3.05) is 13.7 Å². The van der Waals surface area contributed by atoms with Crippen LogP contribution in [-0.2, 0) is 9.53 Å². The fraction of sp³-hybridized carbons (Fsp3) is 0.385. The van der Waals surface area contributed by atoms with Crippen LogP contribution in [-0.4, -0.2) is 36.2 Å². The van der Waals surface area contributed by atoms with Gasteiger partial charge in [0.1, 0.15) is 5.82 Å². The number of carbonyl (C=O) groups is 2. The lowest BCUT2D eigenvalue weighted by Gasteiger charge is -2.28. The lowest BCUT2D eigenvalue weighted by molar-refractivity contribution is -0.139. The van der Waals surface area contributed by atoms with Crippen LogP contribution in [0.1, 0.15) is 23.7 Å². The Morgan fingerprint density at radius 3 is 2.65 bits per heavy atom. The maximum Gasteiger partial charge on any atom is 0.305 e. The summed E-state index contributed by atoms with van der Waals surface area (Å²) in [6, 6.07) is 3.93. The first-order chi connectivity index (χ1) is 9.27. The molecule has 1 atom stereocenters. The van der Waals surface area contributed by atoms with Gasteiger partial charge in [0.05, 0.1) is 23.0 Å². The summed E-state index contributed by atoms with van der Waals surface area (Å²) < 4.78 is 18.6. The number of benzene rings is 1. The highest BCUT2D eigenvalue weighted by molar-refractivity contribution is 9.10. The van der Waals surface area contributed by atoms with E-state index in [1.54, 1.807) is 6.92 Å². The molecule has 0 aliphatic rings. The molecule has 1 unspecified atom stereocenters. The largest absolute Gasteiger partial charge is 0.481 e. The Labute approximate surface area is 124 Å². The summed E-state index contributed by atoms with van der Waals surface area (Å²) in [5, 5.41) is 11.4. The molecule has 0 bridgehead atoms. The first-order valence-electron chi connectivity index (χ1n) is 5.76. The van der Waals surface area contributed by atoms with Crippen LogP contribution in [0, 0.1) is 5.82 Å². The van der Waals surface area contributed by atoms with E-state index in [-0.39, 0.29) is 23.1 Å². The van der Waals surface area contributed by atoms with Crippen LogP contribution >= 0.6 is 15.9 Å². The van der Waals surface area contributed by atoms with Crippen LogP contribution in [0.5, 0.6) is 0 Å². The number of aliphatic carboxylic acids is 1. The van der Waals surface area contributed by atoms with E-state index in [0.717, 1.165) is 6.07 Å². The molecule has 0 radical (unpaired) electrons. The third kappa shape index (κ3) is 4.57. The van der Waals surface area contributed by atoms with Crippen molar-refractivity contribution in [2.24, 2.45) is 0 Å². The molecule has 2 N–H and O–H groups in total. The summed E-state index contributed by atoms with van der Waals surface area (Å²) in [5.41, 5.74) is -0.959. The number of hydrogen-bond acceptors (Lipinski definition) is 3. The van der Waals surface area contributed by atoms with Gasteiger partial charge in [0, 0.05) is 12.7 Å². The van der Waals surface area contributed by atoms with Crippen molar-refractivity contribution in [1.82, 2.24) is 5.32 Å². The van der Waals surface area contributed by atoms with E-state index in [0.29, 0.717) is 0 Å². The maximum atomic E-state index is 13.4. The minimum absolute atomic E-state index is 0.0318. The van der Waals surface area contributed by atoms with Crippen molar-refractivity contribution < 1.29 is 23.8 Å². The van der Waals surface area contributed by atoms with E-state index in [1.807, 2.05) is 0 Å². The molecule has 0 heterocycles. The van der Waals surface area contributed by atoms with Gasteiger partial charge in [-0.15, -0.1) is 0 Å². The van der Waals surface area contributed by atoms with Crippen LogP contribution in [0.15, 0.2) is 22.7 Å². The van der Waals surface area contributed by atoms with Crippen molar-refractivity contribution in [3.63, 3.8) is 0 Å². The number of carboxylic acid groups (broad SMARTS) is 1. The molecule has 0 aliphatic heterocycles. The number of amides is 1. The Balaban J connectivity index is 2.89. The molecule has 0 aliphatic carbocycles. The predicted octanol–water partition coefficient (Wildman–Crippen LogP) is 2.20. The van der Waals surface area contributed by atoms with Crippen LogP contribution in [0.4, 0.5) is 4.39 Å². The zero-order valence-electron chi connectivity index (χ0n) is 11.1. The van der Waals surface area contributed by atoms with E-state index in [9.17, 15) is 14.0 Å². The third-order valence-corrected chi connectivity index (χ3v) is 3.24. The highest BCUT2D eigenvalue weighted by Crippen LogP contribution is 2.18. The normalized spacial score (nSPS) is 13.6. The van der Waals surface area contributed by atoms with Gasteiger partial charge >= 0.3 is 5.97 Å². The highest BCUT2D eigenvalue weighted by atomic mass is 79.9. The number of ether oxygens (including phenoxy) is 1. The summed E-state index contributed by atoms with van der Waals surface area (Å²) >= 11 is 2.99. The summed E-state index contributed by atoms with van der Waals surface area (Å²) in [6.45, 7) is 1.59. The molecule has 0 spiro atoms. The fourth-order valence-electron chi connectivity index (χ4n) is 1.77. The number of hydrogen-bond donors (Lipinski definition) is 2. The Kier molecular flexibility index (Phi) is 5.64. The Morgan fingerprint density at radius 2 is 2.15 bits per heavy atom. The molecular weight excluding hydrogens is 333 g/mol. The van der Waals surface area contributed by atoms with Gasteiger partial charge < -0.3 is 15.2 Å². The van der Waals surface area contributed by atoms with E-state index >= 15 is 0 Å². The number of halogens is 2. The molecule has 0 saturated heterocycles. The van der Waals surface area contributed by atoms with Crippen LogP contribution in [0.2, 0.25) is 0 Å². The van der Waals surface area contributed by atoms with Crippen molar-refractivity contribution in [2.45, 2.75) is 18.9 Å². The molecule has 20 heavy (non-hydrogen) atoms. The van der Waals surface area contributed by atoms with Crippen LogP contribution in [0.25, 0.3) is 0 Å². The monoisotopic (exact) mass is 347 g/mol. The number of carboxylic acids is 1. The number of rotatable bonds is 6. The molecule has 1 amide bonds. The zero-order valence-corrected chi connectivity index (χ0v) is 12.7. The number of carbonyl (C=O) groups excluding carboxylic acids is 1. The topological polar surface area (TPSA) is 75.6 Å². The van der Waals surface area contributed by atoms with Crippen LogP contribution in [0.3, 0.4) is 0 Å². The molecule has 1 aromatic carbocycles. The Bertz CT molecular complexity index is 523. The average Bonchev–Trinajstić information content (AvgIpc) is 2.31. The van der Waals surface area contributed by atoms with E-state index in [2.05, 4.69) is 21.2 Å². The summed E-state index contributed by atoms with van der Waals surface area (Å²) in [6.07, 6.45) is -0.300. The summed E-state index contributed by atoms with van der Waals surface area (Å²) in [4.78, 5) is 22.9. The lowest BCUT2D eigenvalue weighted by atomic mass is 9.98. The van der Waals surface area contributed by atoms with Crippen molar-refractivity contribution in [3.05, 3.63) is 34.1 Å². The van der Waals surface area contributed by atoms with Gasteiger partial charge in [-0.25, -0.2) is 4.39 Å².